The van der Waals surface area contributed by atoms with Gasteiger partial charge < -0.3 is 10.1 Å². The summed E-state index contributed by atoms with van der Waals surface area (Å²) in [6.07, 6.45) is 1.82. The molecule has 0 amide bonds. The van der Waals surface area contributed by atoms with Gasteiger partial charge in [-0.2, -0.15) is 0 Å². The summed E-state index contributed by atoms with van der Waals surface area (Å²) in [6.45, 7) is 0.859. The van der Waals surface area contributed by atoms with Crippen molar-refractivity contribution in [3.05, 3.63) is 52.1 Å². The first-order valence-electron chi connectivity index (χ1n) is 6.27. The number of nitrogens with zero attached hydrogens (tertiary/aromatic N) is 1. The number of aromatic nitrogens is 1. The first-order valence-corrected chi connectivity index (χ1v) is 8.05. The fourth-order valence-electron chi connectivity index (χ4n) is 1.86. The molecule has 1 heterocycles. The summed E-state index contributed by atoms with van der Waals surface area (Å²) in [5.74, 6) is 1.77. The van der Waals surface area contributed by atoms with Crippen molar-refractivity contribution >= 4 is 27.7 Å². The van der Waals surface area contributed by atoms with Crippen LogP contribution in [-0.2, 0) is 12.3 Å². The molecule has 0 radical (unpaired) electrons. The Balaban J connectivity index is 2.10. The summed E-state index contributed by atoms with van der Waals surface area (Å²) in [5, 5.41) is 4.17. The van der Waals surface area contributed by atoms with Gasteiger partial charge in [0.2, 0.25) is 0 Å². The zero-order valence-corrected chi connectivity index (χ0v) is 13.9. The summed E-state index contributed by atoms with van der Waals surface area (Å²) in [6, 6.07) is 10.3. The van der Waals surface area contributed by atoms with Crippen molar-refractivity contribution in [1.29, 1.82) is 0 Å². The molecule has 0 aliphatic heterocycles. The van der Waals surface area contributed by atoms with E-state index in [1.807, 2.05) is 31.4 Å². The Hall–Kier alpha value is -1.04. The molecule has 0 saturated heterocycles. The highest BCUT2D eigenvalue weighted by atomic mass is 79.9. The van der Waals surface area contributed by atoms with E-state index < -0.39 is 0 Å². The number of thioether (sulfide) groups is 1. The highest BCUT2D eigenvalue weighted by Gasteiger charge is 2.06. The van der Waals surface area contributed by atoms with Gasteiger partial charge in [-0.25, -0.2) is 4.98 Å². The third-order valence-corrected chi connectivity index (χ3v) is 4.26. The minimum absolute atomic E-state index is 0.843. The number of hydrogen-bond acceptors (Lipinski definition) is 4. The van der Waals surface area contributed by atoms with Gasteiger partial charge in [0.25, 0.3) is 0 Å². The predicted octanol–water partition coefficient (Wildman–Crippen LogP) is 3.86. The van der Waals surface area contributed by atoms with E-state index in [0.29, 0.717) is 0 Å². The minimum atomic E-state index is 0.843. The number of rotatable bonds is 6. The summed E-state index contributed by atoms with van der Waals surface area (Å²) < 4.78 is 6.42. The molecule has 1 N–H and O–H groups in total. The lowest BCUT2D eigenvalue weighted by Gasteiger charge is -2.10. The van der Waals surface area contributed by atoms with E-state index in [4.69, 9.17) is 4.74 Å². The normalized spacial score (nSPS) is 10.6. The number of pyridine rings is 1. The summed E-state index contributed by atoms with van der Waals surface area (Å²) in [5.41, 5.74) is 2.45. The van der Waals surface area contributed by atoms with Gasteiger partial charge in [-0.05, 0) is 52.8 Å². The maximum absolute atomic E-state index is 5.42. The van der Waals surface area contributed by atoms with Crippen LogP contribution in [0.4, 0.5) is 0 Å². The maximum Gasteiger partial charge on any atom is 0.122 e. The van der Waals surface area contributed by atoms with Crippen molar-refractivity contribution in [3.63, 3.8) is 0 Å². The second-order valence-corrected chi connectivity index (χ2v) is 6.19. The topological polar surface area (TPSA) is 34.1 Å². The molecule has 1 aromatic carbocycles. The molecule has 2 aromatic rings. The standard InChI is InChI=1S/C15H17BrN2OS/c1-17-8-11-3-5-14(19-2)12(7-11)10-20-15-6-4-13(16)9-18-15/h3-7,9,17H,8,10H2,1-2H3. The minimum Gasteiger partial charge on any atom is -0.496 e. The van der Waals surface area contributed by atoms with Crippen molar-refractivity contribution in [1.82, 2.24) is 10.3 Å². The Labute approximate surface area is 132 Å². The van der Waals surface area contributed by atoms with Crippen molar-refractivity contribution in [2.24, 2.45) is 0 Å². The second-order valence-electron chi connectivity index (χ2n) is 4.28. The number of halogens is 1. The van der Waals surface area contributed by atoms with Gasteiger partial charge >= 0.3 is 0 Å². The Morgan fingerprint density at radius 1 is 1.30 bits per heavy atom. The van der Waals surface area contributed by atoms with Gasteiger partial charge in [0, 0.05) is 28.5 Å². The number of benzene rings is 1. The van der Waals surface area contributed by atoms with Gasteiger partial charge in [0.1, 0.15) is 5.75 Å². The van der Waals surface area contributed by atoms with E-state index in [-0.39, 0.29) is 0 Å². The van der Waals surface area contributed by atoms with Gasteiger partial charge in [-0.1, -0.05) is 6.07 Å². The zero-order chi connectivity index (χ0) is 14.4. The molecular weight excluding hydrogens is 336 g/mol. The van der Waals surface area contributed by atoms with Crippen molar-refractivity contribution < 1.29 is 4.74 Å². The first kappa shape index (κ1) is 15.4. The number of methoxy groups -OCH3 is 1. The van der Waals surface area contributed by atoms with Gasteiger partial charge in [-0.15, -0.1) is 11.8 Å². The van der Waals surface area contributed by atoms with Crippen LogP contribution in [0.5, 0.6) is 5.75 Å². The van der Waals surface area contributed by atoms with E-state index in [1.165, 1.54) is 11.1 Å². The lowest BCUT2D eigenvalue weighted by Crippen LogP contribution is -2.05. The lowest BCUT2D eigenvalue weighted by atomic mass is 10.1. The molecule has 0 aliphatic rings. The fraction of sp³-hybridized carbons (Fsp3) is 0.267. The molecule has 0 spiro atoms. The average molecular weight is 353 g/mol. The van der Waals surface area contributed by atoms with Crippen LogP contribution in [0.3, 0.4) is 0 Å². The first-order chi connectivity index (χ1) is 9.72. The van der Waals surface area contributed by atoms with Crippen LogP contribution in [0.15, 0.2) is 46.0 Å². The van der Waals surface area contributed by atoms with Crippen LogP contribution in [0.25, 0.3) is 0 Å². The lowest BCUT2D eigenvalue weighted by molar-refractivity contribution is 0.411. The third-order valence-electron chi connectivity index (χ3n) is 2.80. The Morgan fingerprint density at radius 3 is 2.80 bits per heavy atom. The Bertz CT molecular complexity index is 560. The molecule has 1 aromatic heterocycles. The molecule has 0 bridgehead atoms. The molecule has 106 valence electrons. The highest BCUT2D eigenvalue weighted by molar-refractivity contribution is 9.10. The molecule has 2 rings (SSSR count). The zero-order valence-electron chi connectivity index (χ0n) is 11.5. The average Bonchev–Trinajstić information content (AvgIpc) is 2.47. The molecule has 0 fully saturated rings. The number of nitrogens with one attached hydrogen (secondary N) is 1. The van der Waals surface area contributed by atoms with Crippen LogP contribution >= 0.6 is 27.7 Å². The highest BCUT2D eigenvalue weighted by Crippen LogP contribution is 2.28. The molecule has 3 nitrogen and oxygen atoms in total. The van der Waals surface area contributed by atoms with Gasteiger partial charge in [-0.3, -0.25) is 0 Å². The van der Waals surface area contributed by atoms with Crippen molar-refractivity contribution in [2.45, 2.75) is 17.3 Å². The van der Waals surface area contributed by atoms with Crippen LogP contribution in [0, 0.1) is 0 Å². The molecular formula is C15H17BrN2OS. The Morgan fingerprint density at radius 2 is 2.15 bits per heavy atom. The fourth-order valence-corrected chi connectivity index (χ4v) is 2.91. The number of ether oxygens (including phenoxy) is 1. The molecule has 0 unspecified atom stereocenters. The predicted molar refractivity (Wildman–Crippen MR) is 87.3 cm³/mol. The summed E-state index contributed by atoms with van der Waals surface area (Å²) >= 11 is 5.10. The molecule has 5 heteroatoms. The molecule has 0 aliphatic carbocycles. The SMILES string of the molecule is CNCc1ccc(OC)c(CSc2ccc(Br)cn2)c1. The van der Waals surface area contributed by atoms with E-state index in [1.54, 1.807) is 18.9 Å². The van der Waals surface area contributed by atoms with E-state index in [9.17, 15) is 0 Å². The van der Waals surface area contributed by atoms with E-state index in [0.717, 1.165) is 27.5 Å². The van der Waals surface area contributed by atoms with Gasteiger partial charge in [0.15, 0.2) is 0 Å². The number of hydrogen-bond donors (Lipinski definition) is 1. The van der Waals surface area contributed by atoms with Crippen LogP contribution in [0.2, 0.25) is 0 Å². The van der Waals surface area contributed by atoms with Crippen molar-refractivity contribution in [2.75, 3.05) is 14.2 Å². The van der Waals surface area contributed by atoms with Crippen molar-refractivity contribution in [3.8, 4) is 5.75 Å². The molecule has 0 saturated carbocycles. The summed E-state index contributed by atoms with van der Waals surface area (Å²) in [4.78, 5) is 4.37. The smallest absolute Gasteiger partial charge is 0.122 e. The quantitative estimate of drug-likeness (QED) is 0.800. The molecule has 0 atom stereocenters. The maximum atomic E-state index is 5.42. The Kier molecular flexibility index (Phi) is 5.88. The third kappa shape index (κ3) is 4.23. The van der Waals surface area contributed by atoms with Crippen LogP contribution < -0.4 is 10.1 Å². The van der Waals surface area contributed by atoms with Crippen LogP contribution in [0.1, 0.15) is 11.1 Å². The summed E-state index contributed by atoms with van der Waals surface area (Å²) in [7, 11) is 3.66. The van der Waals surface area contributed by atoms with Crippen LogP contribution in [-0.4, -0.2) is 19.1 Å². The molecule has 20 heavy (non-hydrogen) atoms. The van der Waals surface area contributed by atoms with E-state index >= 15 is 0 Å². The van der Waals surface area contributed by atoms with Gasteiger partial charge in [0.05, 0.1) is 12.1 Å². The monoisotopic (exact) mass is 352 g/mol. The van der Waals surface area contributed by atoms with E-state index in [2.05, 4.69) is 38.4 Å². The largest absolute Gasteiger partial charge is 0.496 e. The second kappa shape index (κ2) is 7.67.